The fourth-order valence-electron chi connectivity index (χ4n) is 2.92. The zero-order chi connectivity index (χ0) is 18.4. The van der Waals surface area contributed by atoms with Crippen LogP contribution < -0.4 is 4.74 Å². The molecule has 138 valence electrons. The van der Waals surface area contributed by atoms with Gasteiger partial charge in [0.2, 0.25) is 11.8 Å². The third-order valence-electron chi connectivity index (χ3n) is 4.18. The van der Waals surface area contributed by atoms with Crippen LogP contribution in [0.1, 0.15) is 26.3 Å². The normalized spacial score (nSPS) is 18.4. The van der Waals surface area contributed by atoms with E-state index in [1.165, 1.54) is 6.92 Å². The zero-order valence-corrected chi connectivity index (χ0v) is 15.5. The van der Waals surface area contributed by atoms with E-state index >= 15 is 0 Å². The topological polar surface area (TPSA) is 59.1 Å². The molecule has 0 saturated carbocycles. The molecule has 0 bridgehead atoms. The first-order chi connectivity index (χ1) is 11.9. The van der Waals surface area contributed by atoms with Crippen LogP contribution in [0.5, 0.6) is 5.75 Å². The largest absolute Gasteiger partial charge is 0.497 e. The lowest BCUT2D eigenvalue weighted by Gasteiger charge is -2.26. The van der Waals surface area contributed by atoms with Crippen molar-refractivity contribution in [1.29, 1.82) is 0 Å². The minimum Gasteiger partial charge on any atom is -0.497 e. The smallest absolute Gasteiger partial charge is 0.242 e. The Morgan fingerprint density at radius 3 is 2.72 bits per heavy atom. The van der Waals surface area contributed by atoms with E-state index in [1.807, 2.05) is 29.2 Å². The van der Waals surface area contributed by atoms with Crippen molar-refractivity contribution in [3.63, 3.8) is 0 Å². The molecule has 1 heterocycles. The van der Waals surface area contributed by atoms with E-state index in [0.29, 0.717) is 32.2 Å². The summed E-state index contributed by atoms with van der Waals surface area (Å²) >= 11 is 0. The molecular formula is C19H28N2O4. The summed E-state index contributed by atoms with van der Waals surface area (Å²) in [7, 11) is 1.63. The van der Waals surface area contributed by atoms with Gasteiger partial charge in [0.1, 0.15) is 5.75 Å². The molecule has 1 aliphatic rings. The molecule has 1 aliphatic heterocycles. The van der Waals surface area contributed by atoms with Crippen molar-refractivity contribution in [3.8, 4) is 5.75 Å². The highest BCUT2D eigenvalue weighted by Crippen LogP contribution is 2.16. The van der Waals surface area contributed by atoms with E-state index in [-0.39, 0.29) is 24.5 Å². The molecule has 0 aromatic heterocycles. The van der Waals surface area contributed by atoms with E-state index in [2.05, 4.69) is 13.8 Å². The van der Waals surface area contributed by atoms with Crippen molar-refractivity contribution >= 4 is 11.8 Å². The number of ether oxygens (including phenoxy) is 2. The Morgan fingerprint density at radius 1 is 1.32 bits per heavy atom. The van der Waals surface area contributed by atoms with E-state index in [0.717, 1.165) is 11.3 Å². The summed E-state index contributed by atoms with van der Waals surface area (Å²) in [6.07, 6.45) is -0.208. The molecule has 6 heteroatoms. The number of hydrogen-bond donors (Lipinski definition) is 0. The van der Waals surface area contributed by atoms with Crippen LogP contribution in [0.25, 0.3) is 0 Å². The van der Waals surface area contributed by atoms with E-state index in [1.54, 1.807) is 12.0 Å². The molecule has 1 unspecified atom stereocenters. The monoisotopic (exact) mass is 348 g/mol. The highest BCUT2D eigenvalue weighted by molar-refractivity contribution is 5.84. The molecule has 0 radical (unpaired) electrons. The summed E-state index contributed by atoms with van der Waals surface area (Å²) in [6.45, 7) is 7.79. The van der Waals surface area contributed by atoms with Gasteiger partial charge in [0.25, 0.3) is 0 Å². The van der Waals surface area contributed by atoms with E-state index < -0.39 is 0 Å². The van der Waals surface area contributed by atoms with Crippen LogP contribution in [-0.4, -0.2) is 61.0 Å². The van der Waals surface area contributed by atoms with Gasteiger partial charge in [0.05, 0.1) is 26.4 Å². The molecule has 6 nitrogen and oxygen atoms in total. The third kappa shape index (κ3) is 5.74. The maximum atomic E-state index is 12.4. The van der Waals surface area contributed by atoms with Crippen LogP contribution >= 0.6 is 0 Å². The highest BCUT2D eigenvalue weighted by atomic mass is 16.5. The lowest BCUT2D eigenvalue weighted by atomic mass is 10.2. The molecule has 0 N–H and O–H groups in total. The Morgan fingerprint density at radius 2 is 2.08 bits per heavy atom. The van der Waals surface area contributed by atoms with Gasteiger partial charge in [-0.3, -0.25) is 9.59 Å². The summed E-state index contributed by atoms with van der Waals surface area (Å²) in [5, 5.41) is 0. The Balaban J connectivity index is 2.06. The van der Waals surface area contributed by atoms with Gasteiger partial charge in [-0.15, -0.1) is 0 Å². The summed E-state index contributed by atoms with van der Waals surface area (Å²) in [5.74, 6) is 1.03. The molecule has 1 aromatic carbocycles. The van der Waals surface area contributed by atoms with Gasteiger partial charge in [-0.05, 0) is 23.6 Å². The molecule has 25 heavy (non-hydrogen) atoms. The number of methoxy groups -OCH3 is 1. The van der Waals surface area contributed by atoms with Crippen molar-refractivity contribution in [2.75, 3.05) is 33.3 Å². The quantitative estimate of drug-likeness (QED) is 0.788. The van der Waals surface area contributed by atoms with Crippen molar-refractivity contribution in [1.82, 2.24) is 9.80 Å². The van der Waals surface area contributed by atoms with E-state index in [9.17, 15) is 9.59 Å². The highest BCUT2D eigenvalue weighted by Gasteiger charge is 2.29. The number of rotatable bonds is 6. The predicted molar refractivity (Wildman–Crippen MR) is 95.2 cm³/mol. The van der Waals surface area contributed by atoms with Gasteiger partial charge in [-0.25, -0.2) is 0 Å². The molecule has 0 spiro atoms. The second-order valence-corrected chi connectivity index (χ2v) is 6.88. The summed E-state index contributed by atoms with van der Waals surface area (Å²) < 4.78 is 11.3. The van der Waals surface area contributed by atoms with Gasteiger partial charge in [0, 0.05) is 26.6 Å². The summed E-state index contributed by atoms with van der Waals surface area (Å²) in [4.78, 5) is 27.6. The minimum atomic E-state index is -0.208. The second kappa shape index (κ2) is 8.85. The maximum Gasteiger partial charge on any atom is 0.242 e. The number of carbonyl (C=O) groups is 2. The van der Waals surface area contributed by atoms with Crippen molar-refractivity contribution in [3.05, 3.63) is 29.8 Å². The fourth-order valence-corrected chi connectivity index (χ4v) is 2.92. The van der Waals surface area contributed by atoms with Crippen LogP contribution in [0, 0.1) is 5.92 Å². The summed E-state index contributed by atoms with van der Waals surface area (Å²) in [6, 6.07) is 7.70. The van der Waals surface area contributed by atoms with Crippen molar-refractivity contribution in [2.24, 2.45) is 5.92 Å². The Bertz CT molecular complexity index is 603. The maximum absolute atomic E-state index is 12.4. The molecule has 1 atom stereocenters. The van der Waals surface area contributed by atoms with Crippen LogP contribution in [0.4, 0.5) is 0 Å². The number of amides is 2. The van der Waals surface area contributed by atoms with Crippen molar-refractivity contribution < 1.29 is 19.1 Å². The number of carbonyl (C=O) groups excluding carboxylic acids is 2. The molecule has 1 fully saturated rings. The third-order valence-corrected chi connectivity index (χ3v) is 4.18. The average Bonchev–Trinajstić information content (AvgIpc) is 2.72. The van der Waals surface area contributed by atoms with Gasteiger partial charge >= 0.3 is 0 Å². The molecule has 0 aliphatic carbocycles. The van der Waals surface area contributed by atoms with Gasteiger partial charge in [-0.2, -0.15) is 0 Å². The standard InChI is InChI=1S/C19H28N2O4/c1-14(2)9-21-11-18(10-20(15(3)22)12-19(21)23)25-13-16-6-5-7-17(8-16)24-4/h5-8,14,18H,9-13H2,1-4H3. The Kier molecular flexibility index (Phi) is 6.82. The first-order valence-electron chi connectivity index (χ1n) is 8.67. The van der Waals surface area contributed by atoms with Gasteiger partial charge < -0.3 is 19.3 Å². The number of hydrogen-bond acceptors (Lipinski definition) is 4. The first-order valence-corrected chi connectivity index (χ1v) is 8.67. The lowest BCUT2D eigenvalue weighted by Crippen LogP contribution is -2.40. The fraction of sp³-hybridized carbons (Fsp3) is 0.579. The first kappa shape index (κ1) is 19.2. The average molecular weight is 348 g/mol. The van der Waals surface area contributed by atoms with Crippen LogP contribution in [0.2, 0.25) is 0 Å². The SMILES string of the molecule is COc1cccc(COC2CN(C(C)=O)CC(=O)N(CC(C)C)C2)c1. The molecular weight excluding hydrogens is 320 g/mol. The predicted octanol–water partition coefficient (Wildman–Crippen LogP) is 1.93. The minimum absolute atomic E-state index is 0.0172. The zero-order valence-electron chi connectivity index (χ0n) is 15.5. The Hall–Kier alpha value is -2.08. The Labute approximate surface area is 149 Å². The van der Waals surface area contributed by atoms with Crippen LogP contribution in [0.3, 0.4) is 0 Å². The number of nitrogens with zero attached hydrogens (tertiary/aromatic N) is 2. The lowest BCUT2D eigenvalue weighted by molar-refractivity contribution is -0.137. The molecule has 2 rings (SSSR count). The molecule has 1 saturated heterocycles. The van der Waals surface area contributed by atoms with Crippen molar-refractivity contribution in [2.45, 2.75) is 33.5 Å². The van der Waals surface area contributed by atoms with E-state index in [4.69, 9.17) is 9.47 Å². The van der Waals surface area contributed by atoms with Gasteiger partial charge in [0.15, 0.2) is 0 Å². The molecule has 1 aromatic rings. The summed E-state index contributed by atoms with van der Waals surface area (Å²) in [5.41, 5.74) is 1.000. The number of benzene rings is 1. The van der Waals surface area contributed by atoms with Crippen LogP contribution in [0.15, 0.2) is 24.3 Å². The molecule has 2 amide bonds. The van der Waals surface area contributed by atoms with Crippen LogP contribution in [-0.2, 0) is 20.9 Å². The van der Waals surface area contributed by atoms with Gasteiger partial charge in [-0.1, -0.05) is 26.0 Å². The second-order valence-electron chi connectivity index (χ2n) is 6.88.